The third kappa shape index (κ3) is 3.55. The number of amides is 2. The smallest absolute Gasteiger partial charge is 0.228 e. The zero-order valence-electron chi connectivity index (χ0n) is 14.5. The monoisotopic (exact) mass is 330 g/mol. The normalized spacial score (nSPS) is 24.3. The molecule has 3 rings (SSSR count). The summed E-state index contributed by atoms with van der Waals surface area (Å²) in [5.41, 5.74) is 0.839. The molecular weight excluding hydrogens is 304 g/mol. The molecule has 2 fully saturated rings. The van der Waals surface area contributed by atoms with E-state index in [1.807, 2.05) is 36.1 Å². The SMILES string of the molecule is CCOc1ccc(N2C[C@H](C(=O)N3CCC[C@H](C)C3)CC2=O)cc1. The molecule has 0 N–H and O–H groups in total. The van der Waals surface area contributed by atoms with Crippen molar-refractivity contribution in [2.75, 3.05) is 31.1 Å². The second-order valence-electron chi connectivity index (χ2n) is 6.86. The van der Waals surface area contributed by atoms with Crippen molar-refractivity contribution in [1.29, 1.82) is 0 Å². The fraction of sp³-hybridized carbons (Fsp3) is 0.579. The van der Waals surface area contributed by atoms with Crippen LogP contribution in [0.15, 0.2) is 24.3 Å². The molecule has 0 bridgehead atoms. The molecule has 0 aromatic heterocycles. The highest BCUT2D eigenvalue weighted by atomic mass is 16.5. The van der Waals surface area contributed by atoms with E-state index in [9.17, 15) is 9.59 Å². The van der Waals surface area contributed by atoms with E-state index >= 15 is 0 Å². The zero-order valence-corrected chi connectivity index (χ0v) is 14.5. The van der Waals surface area contributed by atoms with Crippen LogP contribution in [0.2, 0.25) is 0 Å². The molecule has 2 atom stereocenters. The third-order valence-corrected chi connectivity index (χ3v) is 4.90. The molecule has 2 saturated heterocycles. The van der Waals surface area contributed by atoms with Gasteiger partial charge in [-0.3, -0.25) is 9.59 Å². The number of hydrogen-bond donors (Lipinski definition) is 0. The second-order valence-corrected chi connectivity index (χ2v) is 6.86. The Labute approximate surface area is 143 Å². The first-order valence-corrected chi connectivity index (χ1v) is 8.90. The summed E-state index contributed by atoms with van der Waals surface area (Å²) < 4.78 is 5.43. The van der Waals surface area contributed by atoms with Crippen molar-refractivity contribution >= 4 is 17.5 Å². The van der Waals surface area contributed by atoms with E-state index in [4.69, 9.17) is 4.74 Å². The predicted octanol–water partition coefficient (Wildman–Crippen LogP) is 2.70. The third-order valence-electron chi connectivity index (χ3n) is 4.90. The summed E-state index contributed by atoms with van der Waals surface area (Å²) in [7, 11) is 0. The van der Waals surface area contributed by atoms with E-state index in [1.54, 1.807) is 4.90 Å². The van der Waals surface area contributed by atoms with Crippen LogP contribution in [0.4, 0.5) is 5.69 Å². The zero-order chi connectivity index (χ0) is 17.1. The lowest BCUT2D eigenvalue weighted by Crippen LogP contribution is -2.43. The largest absolute Gasteiger partial charge is 0.494 e. The fourth-order valence-electron chi connectivity index (χ4n) is 3.66. The number of benzene rings is 1. The molecule has 5 nitrogen and oxygen atoms in total. The molecule has 2 heterocycles. The average Bonchev–Trinajstić information content (AvgIpc) is 2.97. The summed E-state index contributed by atoms with van der Waals surface area (Å²) in [5, 5.41) is 0. The topological polar surface area (TPSA) is 49.9 Å². The van der Waals surface area contributed by atoms with Crippen molar-refractivity contribution in [3.63, 3.8) is 0 Å². The van der Waals surface area contributed by atoms with E-state index in [-0.39, 0.29) is 17.7 Å². The molecular formula is C19H26N2O3. The van der Waals surface area contributed by atoms with Crippen molar-refractivity contribution in [2.45, 2.75) is 33.1 Å². The molecule has 1 aromatic carbocycles. The molecule has 2 amide bonds. The highest BCUT2D eigenvalue weighted by Gasteiger charge is 2.37. The molecule has 1 aromatic rings. The highest BCUT2D eigenvalue weighted by molar-refractivity contribution is 6.00. The van der Waals surface area contributed by atoms with Gasteiger partial charge in [0.1, 0.15) is 5.75 Å². The van der Waals surface area contributed by atoms with Crippen molar-refractivity contribution in [3.8, 4) is 5.75 Å². The summed E-state index contributed by atoms with van der Waals surface area (Å²) in [6.45, 7) is 6.88. The van der Waals surface area contributed by atoms with Crippen LogP contribution in [0.5, 0.6) is 5.75 Å². The highest BCUT2D eigenvalue weighted by Crippen LogP contribution is 2.29. The molecule has 0 radical (unpaired) electrons. The molecule has 24 heavy (non-hydrogen) atoms. The van der Waals surface area contributed by atoms with Gasteiger partial charge in [0.2, 0.25) is 11.8 Å². The number of hydrogen-bond acceptors (Lipinski definition) is 3. The Morgan fingerprint density at radius 3 is 2.67 bits per heavy atom. The molecule has 0 saturated carbocycles. The number of rotatable bonds is 4. The minimum atomic E-state index is -0.214. The lowest BCUT2D eigenvalue weighted by Gasteiger charge is -2.32. The standard InChI is InChI=1S/C19H26N2O3/c1-3-24-17-8-6-16(7-9-17)21-13-15(11-18(21)22)19(23)20-10-4-5-14(2)12-20/h6-9,14-15H,3-5,10-13H2,1-2H3/t14-,15+/m0/s1. The maximum absolute atomic E-state index is 12.7. The van der Waals surface area contributed by atoms with Gasteiger partial charge in [0, 0.05) is 31.7 Å². The Morgan fingerprint density at radius 1 is 1.25 bits per heavy atom. The second kappa shape index (κ2) is 7.24. The molecule has 2 aliphatic heterocycles. The first kappa shape index (κ1) is 16.8. The van der Waals surface area contributed by atoms with Crippen molar-refractivity contribution < 1.29 is 14.3 Å². The van der Waals surface area contributed by atoms with Crippen LogP contribution in [0, 0.1) is 11.8 Å². The van der Waals surface area contributed by atoms with Gasteiger partial charge in [-0.1, -0.05) is 6.92 Å². The number of anilines is 1. The van der Waals surface area contributed by atoms with Crippen molar-refractivity contribution in [1.82, 2.24) is 4.90 Å². The van der Waals surface area contributed by atoms with E-state index in [1.165, 1.54) is 6.42 Å². The molecule has 5 heteroatoms. The molecule has 0 spiro atoms. The molecule has 0 unspecified atom stereocenters. The Hall–Kier alpha value is -2.04. The average molecular weight is 330 g/mol. The quantitative estimate of drug-likeness (QED) is 0.853. The molecule has 0 aliphatic carbocycles. The predicted molar refractivity (Wildman–Crippen MR) is 93.0 cm³/mol. The summed E-state index contributed by atoms with van der Waals surface area (Å²) in [5.74, 6) is 1.31. The van der Waals surface area contributed by atoms with Crippen molar-refractivity contribution in [3.05, 3.63) is 24.3 Å². The van der Waals surface area contributed by atoms with Crippen LogP contribution in [0.3, 0.4) is 0 Å². The van der Waals surface area contributed by atoms with E-state index in [2.05, 4.69) is 6.92 Å². The fourth-order valence-corrected chi connectivity index (χ4v) is 3.66. The summed E-state index contributed by atoms with van der Waals surface area (Å²) in [6, 6.07) is 7.51. The van der Waals surface area contributed by atoms with Crippen LogP contribution >= 0.6 is 0 Å². The number of likely N-dealkylation sites (tertiary alicyclic amines) is 1. The number of nitrogens with zero attached hydrogens (tertiary/aromatic N) is 2. The van der Waals surface area contributed by atoms with E-state index in [0.29, 0.717) is 25.5 Å². The number of carbonyl (C=O) groups excluding carboxylic acids is 2. The van der Waals surface area contributed by atoms with Gasteiger partial charge in [-0.25, -0.2) is 0 Å². The molecule has 130 valence electrons. The Bertz CT molecular complexity index is 599. The number of ether oxygens (including phenoxy) is 1. The van der Waals surface area contributed by atoms with Crippen LogP contribution in [-0.2, 0) is 9.59 Å². The number of piperidine rings is 1. The first-order valence-electron chi connectivity index (χ1n) is 8.90. The van der Waals surface area contributed by atoms with Gasteiger partial charge in [0.15, 0.2) is 0 Å². The lowest BCUT2D eigenvalue weighted by atomic mass is 9.98. The Morgan fingerprint density at radius 2 is 2.00 bits per heavy atom. The maximum atomic E-state index is 12.7. The van der Waals surface area contributed by atoms with E-state index < -0.39 is 0 Å². The van der Waals surface area contributed by atoms with Crippen LogP contribution in [0.25, 0.3) is 0 Å². The minimum absolute atomic E-state index is 0.0302. The van der Waals surface area contributed by atoms with Gasteiger partial charge in [-0.15, -0.1) is 0 Å². The van der Waals surface area contributed by atoms with Crippen LogP contribution in [0.1, 0.15) is 33.1 Å². The van der Waals surface area contributed by atoms with Gasteiger partial charge >= 0.3 is 0 Å². The molecule has 2 aliphatic rings. The van der Waals surface area contributed by atoms with Crippen LogP contribution < -0.4 is 9.64 Å². The maximum Gasteiger partial charge on any atom is 0.228 e. The van der Waals surface area contributed by atoms with Gasteiger partial charge in [0.05, 0.1) is 12.5 Å². The van der Waals surface area contributed by atoms with Gasteiger partial charge in [0.25, 0.3) is 0 Å². The van der Waals surface area contributed by atoms with Crippen molar-refractivity contribution in [2.24, 2.45) is 11.8 Å². The summed E-state index contributed by atoms with van der Waals surface area (Å²) in [4.78, 5) is 28.8. The van der Waals surface area contributed by atoms with Crippen LogP contribution in [-0.4, -0.2) is 43.0 Å². The van der Waals surface area contributed by atoms with E-state index in [0.717, 1.165) is 30.9 Å². The minimum Gasteiger partial charge on any atom is -0.494 e. The van der Waals surface area contributed by atoms with Gasteiger partial charge in [-0.05, 0) is 49.9 Å². The lowest BCUT2D eigenvalue weighted by molar-refractivity contribution is -0.137. The summed E-state index contributed by atoms with van der Waals surface area (Å²) >= 11 is 0. The van der Waals surface area contributed by atoms with Gasteiger partial charge < -0.3 is 14.5 Å². The number of carbonyl (C=O) groups is 2. The Balaban J connectivity index is 1.65. The first-order chi connectivity index (χ1) is 11.6. The summed E-state index contributed by atoms with van der Waals surface area (Å²) in [6.07, 6.45) is 2.57. The van der Waals surface area contributed by atoms with Gasteiger partial charge in [-0.2, -0.15) is 0 Å². The Kier molecular flexibility index (Phi) is 5.07.